The molecule has 1 aliphatic rings. The average molecular weight is 300 g/mol. The third kappa shape index (κ3) is 2.62. The molecule has 0 saturated carbocycles. The first-order valence-corrected chi connectivity index (χ1v) is 8.02. The molecule has 1 heterocycles. The van der Waals surface area contributed by atoms with E-state index in [-0.39, 0.29) is 6.17 Å². The molecule has 2 heteroatoms. The van der Waals surface area contributed by atoms with Crippen LogP contribution in [0.4, 0.5) is 5.69 Å². The summed E-state index contributed by atoms with van der Waals surface area (Å²) in [6.07, 6.45) is 0.217. The highest BCUT2D eigenvalue weighted by atomic mass is 15.3. The van der Waals surface area contributed by atoms with Crippen molar-refractivity contribution >= 4 is 5.69 Å². The van der Waals surface area contributed by atoms with E-state index in [0.717, 1.165) is 6.54 Å². The average Bonchev–Trinajstić information content (AvgIpc) is 2.63. The summed E-state index contributed by atoms with van der Waals surface area (Å²) in [5.41, 5.74) is 6.47. The van der Waals surface area contributed by atoms with E-state index < -0.39 is 0 Å². The zero-order chi connectivity index (χ0) is 15.6. The number of nitrogens with one attached hydrogen (secondary N) is 1. The summed E-state index contributed by atoms with van der Waals surface area (Å²) < 4.78 is 0. The summed E-state index contributed by atoms with van der Waals surface area (Å²) in [5, 5.41) is 3.63. The molecule has 2 nitrogen and oxygen atoms in total. The summed E-state index contributed by atoms with van der Waals surface area (Å²) in [6.45, 7) is 0.908. The van der Waals surface area contributed by atoms with Gasteiger partial charge in [0.05, 0.1) is 0 Å². The second-order valence-electron chi connectivity index (χ2n) is 6.01. The van der Waals surface area contributed by atoms with Gasteiger partial charge in [-0.15, -0.1) is 0 Å². The fourth-order valence-electron chi connectivity index (χ4n) is 3.32. The largest absolute Gasteiger partial charge is 0.355 e. The Morgan fingerprint density at radius 1 is 0.783 bits per heavy atom. The lowest BCUT2D eigenvalue weighted by molar-refractivity contribution is 0.500. The second kappa shape index (κ2) is 5.90. The highest BCUT2D eigenvalue weighted by molar-refractivity contribution is 5.64. The van der Waals surface area contributed by atoms with Gasteiger partial charge in [-0.25, -0.2) is 0 Å². The van der Waals surface area contributed by atoms with E-state index in [1.807, 2.05) is 0 Å². The Balaban J connectivity index is 1.62. The maximum atomic E-state index is 3.63. The van der Waals surface area contributed by atoms with Crippen molar-refractivity contribution in [1.82, 2.24) is 5.32 Å². The molecule has 0 spiro atoms. The first-order valence-electron chi connectivity index (χ1n) is 8.02. The SMILES string of the molecule is CN1c2ccccc2CNC1c1ccc(-c2ccccc2)cc1. The lowest BCUT2D eigenvalue weighted by Crippen LogP contribution is -2.40. The summed E-state index contributed by atoms with van der Waals surface area (Å²) in [6, 6.07) is 28.0. The van der Waals surface area contributed by atoms with Crippen molar-refractivity contribution in [1.29, 1.82) is 0 Å². The molecule has 0 radical (unpaired) electrons. The Hall–Kier alpha value is -2.58. The van der Waals surface area contributed by atoms with Gasteiger partial charge in [-0.05, 0) is 28.3 Å². The van der Waals surface area contributed by atoms with Crippen LogP contribution in [0.5, 0.6) is 0 Å². The van der Waals surface area contributed by atoms with Gasteiger partial charge in [-0.2, -0.15) is 0 Å². The van der Waals surface area contributed by atoms with Crippen LogP contribution in [0.25, 0.3) is 11.1 Å². The molecule has 114 valence electrons. The summed E-state index contributed by atoms with van der Waals surface area (Å²) >= 11 is 0. The molecule has 1 N–H and O–H groups in total. The predicted octanol–water partition coefficient (Wildman–Crippen LogP) is 4.59. The number of benzene rings is 3. The van der Waals surface area contributed by atoms with Gasteiger partial charge in [-0.1, -0.05) is 72.8 Å². The van der Waals surface area contributed by atoms with Crippen LogP contribution in [0.1, 0.15) is 17.3 Å². The van der Waals surface area contributed by atoms with Gasteiger partial charge < -0.3 is 4.90 Å². The highest BCUT2D eigenvalue weighted by Gasteiger charge is 2.23. The lowest BCUT2D eigenvalue weighted by Gasteiger charge is -2.37. The van der Waals surface area contributed by atoms with E-state index in [1.165, 1.54) is 27.9 Å². The molecule has 0 amide bonds. The van der Waals surface area contributed by atoms with Crippen LogP contribution in [0.15, 0.2) is 78.9 Å². The van der Waals surface area contributed by atoms with Crippen LogP contribution in [0.3, 0.4) is 0 Å². The highest BCUT2D eigenvalue weighted by Crippen LogP contribution is 2.32. The first-order chi connectivity index (χ1) is 11.3. The monoisotopic (exact) mass is 300 g/mol. The number of para-hydroxylation sites is 1. The summed E-state index contributed by atoms with van der Waals surface area (Å²) in [4.78, 5) is 2.32. The first kappa shape index (κ1) is 14.0. The predicted molar refractivity (Wildman–Crippen MR) is 96.3 cm³/mol. The van der Waals surface area contributed by atoms with Crippen LogP contribution < -0.4 is 10.2 Å². The minimum Gasteiger partial charge on any atom is -0.355 e. The molecular weight excluding hydrogens is 280 g/mol. The molecule has 1 unspecified atom stereocenters. The minimum atomic E-state index is 0.217. The van der Waals surface area contributed by atoms with Crippen LogP contribution in [-0.2, 0) is 6.54 Å². The Bertz CT molecular complexity index is 794. The minimum absolute atomic E-state index is 0.217. The third-order valence-electron chi connectivity index (χ3n) is 4.58. The summed E-state index contributed by atoms with van der Waals surface area (Å²) in [5.74, 6) is 0. The Morgan fingerprint density at radius 3 is 2.22 bits per heavy atom. The number of fused-ring (bicyclic) bond motifs is 1. The van der Waals surface area contributed by atoms with Crippen molar-refractivity contribution in [3.8, 4) is 11.1 Å². The molecule has 1 aliphatic heterocycles. The van der Waals surface area contributed by atoms with Crippen molar-refractivity contribution in [3.05, 3.63) is 90.0 Å². The van der Waals surface area contributed by atoms with Crippen molar-refractivity contribution < 1.29 is 0 Å². The molecule has 23 heavy (non-hydrogen) atoms. The van der Waals surface area contributed by atoms with Crippen molar-refractivity contribution in [2.24, 2.45) is 0 Å². The lowest BCUT2D eigenvalue weighted by atomic mass is 10.0. The van der Waals surface area contributed by atoms with Gasteiger partial charge >= 0.3 is 0 Å². The zero-order valence-electron chi connectivity index (χ0n) is 13.2. The molecule has 0 saturated heterocycles. The molecule has 0 aromatic heterocycles. The van der Waals surface area contributed by atoms with Gasteiger partial charge in [0.25, 0.3) is 0 Å². The zero-order valence-corrected chi connectivity index (χ0v) is 13.2. The van der Waals surface area contributed by atoms with Gasteiger partial charge in [0.1, 0.15) is 6.17 Å². The quantitative estimate of drug-likeness (QED) is 0.744. The summed E-state index contributed by atoms with van der Waals surface area (Å²) in [7, 11) is 2.15. The van der Waals surface area contributed by atoms with Gasteiger partial charge in [0.2, 0.25) is 0 Å². The fourth-order valence-corrected chi connectivity index (χ4v) is 3.32. The van der Waals surface area contributed by atoms with Gasteiger partial charge in [0, 0.05) is 19.3 Å². The van der Waals surface area contributed by atoms with E-state index >= 15 is 0 Å². The fraction of sp³-hybridized carbons (Fsp3) is 0.143. The number of nitrogens with zero attached hydrogens (tertiary/aromatic N) is 1. The van der Waals surface area contributed by atoms with Crippen LogP contribution >= 0.6 is 0 Å². The number of hydrogen-bond donors (Lipinski definition) is 1. The van der Waals surface area contributed by atoms with Gasteiger partial charge in [0.15, 0.2) is 0 Å². The standard InChI is InChI=1S/C21H20N2/c1-23-20-10-6-5-9-19(20)15-22-21(23)18-13-11-17(12-14-18)16-7-3-2-4-8-16/h2-14,21-22H,15H2,1H3. The molecule has 3 aromatic rings. The number of anilines is 1. The molecule has 3 aromatic carbocycles. The normalized spacial score (nSPS) is 16.9. The molecule has 1 atom stereocenters. The molecule has 4 rings (SSSR count). The van der Waals surface area contributed by atoms with E-state index in [1.54, 1.807) is 0 Å². The second-order valence-corrected chi connectivity index (χ2v) is 6.01. The number of rotatable bonds is 2. The maximum absolute atomic E-state index is 3.63. The van der Waals surface area contributed by atoms with Crippen LogP contribution in [0, 0.1) is 0 Å². The van der Waals surface area contributed by atoms with Crippen molar-refractivity contribution in [3.63, 3.8) is 0 Å². The number of hydrogen-bond acceptors (Lipinski definition) is 2. The Kier molecular flexibility index (Phi) is 3.60. The molecule has 0 aliphatic carbocycles. The third-order valence-corrected chi connectivity index (χ3v) is 4.58. The van der Waals surface area contributed by atoms with Gasteiger partial charge in [-0.3, -0.25) is 5.32 Å². The van der Waals surface area contributed by atoms with Crippen molar-refractivity contribution in [2.45, 2.75) is 12.7 Å². The van der Waals surface area contributed by atoms with E-state index in [2.05, 4.69) is 96.1 Å². The van der Waals surface area contributed by atoms with E-state index in [9.17, 15) is 0 Å². The molecule has 0 bridgehead atoms. The Labute approximate surface area is 137 Å². The smallest absolute Gasteiger partial charge is 0.106 e. The Morgan fingerprint density at radius 2 is 1.43 bits per heavy atom. The van der Waals surface area contributed by atoms with Crippen molar-refractivity contribution in [2.75, 3.05) is 11.9 Å². The topological polar surface area (TPSA) is 15.3 Å². The molecular formula is C21H20N2. The maximum Gasteiger partial charge on any atom is 0.106 e. The van der Waals surface area contributed by atoms with E-state index in [4.69, 9.17) is 0 Å². The van der Waals surface area contributed by atoms with Crippen LogP contribution in [-0.4, -0.2) is 7.05 Å². The van der Waals surface area contributed by atoms with Crippen LogP contribution in [0.2, 0.25) is 0 Å². The van der Waals surface area contributed by atoms with E-state index in [0.29, 0.717) is 0 Å². The molecule has 0 fully saturated rings.